The van der Waals surface area contributed by atoms with Crippen LogP contribution in [0.15, 0.2) is 53.0 Å². The van der Waals surface area contributed by atoms with Crippen LogP contribution < -0.4 is 10.5 Å². The zero-order chi connectivity index (χ0) is 15.0. The maximum atomic E-state index is 10.4. The summed E-state index contributed by atoms with van der Waals surface area (Å²) in [5.74, 6) is 1.24. The molecule has 3 aromatic carbocycles. The summed E-state index contributed by atoms with van der Waals surface area (Å²) < 4.78 is 6.79. The number of ether oxygens (including phenoxy) is 1. The molecule has 0 saturated heterocycles. The van der Waals surface area contributed by atoms with Crippen molar-refractivity contribution >= 4 is 32.4 Å². The molecule has 21 heavy (non-hydrogen) atoms. The number of hydrogen-bond donors (Lipinski definition) is 2. The van der Waals surface area contributed by atoms with Crippen LogP contribution in [0.1, 0.15) is 5.56 Å². The number of fused-ring (bicyclic) bond motifs is 1. The van der Waals surface area contributed by atoms with Gasteiger partial charge in [0.15, 0.2) is 11.5 Å². The van der Waals surface area contributed by atoms with Crippen LogP contribution in [0.2, 0.25) is 0 Å². The molecule has 0 aliphatic rings. The molecule has 0 amide bonds. The number of phenolic OH excluding ortho intramolecular Hbond substituents is 1. The van der Waals surface area contributed by atoms with Crippen molar-refractivity contribution in [1.82, 2.24) is 0 Å². The molecule has 0 spiro atoms. The molecule has 4 heteroatoms. The van der Waals surface area contributed by atoms with E-state index in [0.29, 0.717) is 17.2 Å². The van der Waals surface area contributed by atoms with Crippen molar-refractivity contribution in [2.45, 2.75) is 6.92 Å². The van der Waals surface area contributed by atoms with Crippen LogP contribution in [0.25, 0.3) is 10.8 Å². The van der Waals surface area contributed by atoms with Gasteiger partial charge in [-0.3, -0.25) is 0 Å². The number of anilines is 1. The van der Waals surface area contributed by atoms with E-state index < -0.39 is 0 Å². The zero-order valence-corrected chi connectivity index (χ0v) is 13.0. The Balaban J connectivity index is 2.05. The van der Waals surface area contributed by atoms with Crippen molar-refractivity contribution in [2.75, 3.05) is 5.73 Å². The summed E-state index contributed by atoms with van der Waals surface area (Å²) in [5, 5.41) is 12.1. The number of aromatic hydroxyl groups is 1. The molecule has 3 nitrogen and oxygen atoms in total. The molecular weight excluding hydrogens is 330 g/mol. The fourth-order valence-electron chi connectivity index (χ4n) is 2.25. The van der Waals surface area contributed by atoms with Gasteiger partial charge in [-0.1, -0.05) is 22.0 Å². The van der Waals surface area contributed by atoms with Crippen molar-refractivity contribution in [3.8, 4) is 17.2 Å². The topological polar surface area (TPSA) is 55.5 Å². The molecule has 3 N–H and O–H groups in total. The number of benzene rings is 3. The first kappa shape index (κ1) is 13.8. The van der Waals surface area contributed by atoms with Gasteiger partial charge in [-0.25, -0.2) is 0 Å². The number of phenols is 1. The van der Waals surface area contributed by atoms with Crippen LogP contribution in [0.3, 0.4) is 0 Å². The molecule has 0 fully saturated rings. The Labute approximate surface area is 131 Å². The molecule has 0 aliphatic heterocycles. The maximum absolute atomic E-state index is 10.4. The van der Waals surface area contributed by atoms with Crippen LogP contribution in [0.5, 0.6) is 17.2 Å². The smallest absolute Gasteiger partial charge is 0.169 e. The highest BCUT2D eigenvalue weighted by atomic mass is 79.9. The van der Waals surface area contributed by atoms with E-state index in [1.807, 2.05) is 37.3 Å². The van der Waals surface area contributed by atoms with Crippen LogP contribution in [-0.2, 0) is 0 Å². The minimum Gasteiger partial charge on any atom is -0.504 e. The highest BCUT2D eigenvalue weighted by molar-refractivity contribution is 9.10. The summed E-state index contributed by atoms with van der Waals surface area (Å²) in [6.07, 6.45) is 0. The molecule has 3 aromatic rings. The number of nitrogen functional groups attached to an aromatic ring is 1. The van der Waals surface area contributed by atoms with Gasteiger partial charge in [-0.2, -0.15) is 0 Å². The largest absolute Gasteiger partial charge is 0.504 e. The SMILES string of the molecule is Cc1cc(N)ccc1Oc1ccc2cc(Br)ccc2c1O. The van der Waals surface area contributed by atoms with Gasteiger partial charge in [0.25, 0.3) is 0 Å². The molecular formula is C17H14BrNO2. The lowest BCUT2D eigenvalue weighted by Crippen LogP contribution is -1.91. The summed E-state index contributed by atoms with van der Waals surface area (Å²) in [4.78, 5) is 0. The average molecular weight is 344 g/mol. The van der Waals surface area contributed by atoms with Gasteiger partial charge in [0.1, 0.15) is 5.75 Å². The van der Waals surface area contributed by atoms with Crippen molar-refractivity contribution in [1.29, 1.82) is 0 Å². The molecule has 0 bridgehead atoms. The third kappa shape index (κ3) is 2.67. The normalized spacial score (nSPS) is 10.8. The highest BCUT2D eigenvalue weighted by Crippen LogP contribution is 2.38. The van der Waals surface area contributed by atoms with E-state index in [1.54, 1.807) is 18.2 Å². The summed E-state index contributed by atoms with van der Waals surface area (Å²) in [6.45, 7) is 1.92. The number of hydrogen-bond acceptors (Lipinski definition) is 3. The van der Waals surface area contributed by atoms with Crippen molar-refractivity contribution in [3.63, 3.8) is 0 Å². The summed E-state index contributed by atoms with van der Waals surface area (Å²) in [7, 11) is 0. The first-order chi connectivity index (χ1) is 10.0. The highest BCUT2D eigenvalue weighted by Gasteiger charge is 2.10. The molecule has 0 aromatic heterocycles. The van der Waals surface area contributed by atoms with E-state index in [9.17, 15) is 5.11 Å². The first-order valence-electron chi connectivity index (χ1n) is 6.50. The second-order valence-electron chi connectivity index (χ2n) is 4.90. The van der Waals surface area contributed by atoms with Gasteiger partial charge in [-0.05, 0) is 60.3 Å². The number of nitrogens with two attached hydrogens (primary N) is 1. The van der Waals surface area contributed by atoms with E-state index in [0.717, 1.165) is 20.8 Å². The lowest BCUT2D eigenvalue weighted by molar-refractivity contribution is 0.414. The van der Waals surface area contributed by atoms with E-state index in [2.05, 4.69) is 15.9 Å². The molecule has 3 rings (SSSR count). The lowest BCUT2D eigenvalue weighted by Gasteiger charge is -2.12. The number of aryl methyl sites for hydroxylation is 1. The Morgan fingerprint density at radius 3 is 2.52 bits per heavy atom. The lowest BCUT2D eigenvalue weighted by atomic mass is 10.1. The Morgan fingerprint density at radius 1 is 1.00 bits per heavy atom. The van der Waals surface area contributed by atoms with Crippen LogP contribution in [0.4, 0.5) is 5.69 Å². The first-order valence-corrected chi connectivity index (χ1v) is 7.29. The fraction of sp³-hybridized carbons (Fsp3) is 0.0588. The minimum atomic E-state index is 0.135. The molecule has 0 radical (unpaired) electrons. The predicted molar refractivity (Wildman–Crippen MR) is 89.0 cm³/mol. The number of rotatable bonds is 2. The summed E-state index contributed by atoms with van der Waals surface area (Å²) in [5.41, 5.74) is 7.34. The molecule has 0 aliphatic carbocycles. The second-order valence-corrected chi connectivity index (χ2v) is 5.82. The van der Waals surface area contributed by atoms with Crippen LogP contribution >= 0.6 is 15.9 Å². The molecule has 0 unspecified atom stereocenters. The second kappa shape index (κ2) is 5.30. The van der Waals surface area contributed by atoms with E-state index in [4.69, 9.17) is 10.5 Å². The van der Waals surface area contributed by atoms with Gasteiger partial charge in [0.2, 0.25) is 0 Å². The van der Waals surface area contributed by atoms with E-state index >= 15 is 0 Å². The summed E-state index contributed by atoms with van der Waals surface area (Å²) in [6, 6.07) is 14.8. The minimum absolute atomic E-state index is 0.135. The van der Waals surface area contributed by atoms with Gasteiger partial charge in [0, 0.05) is 15.5 Å². The van der Waals surface area contributed by atoms with Gasteiger partial charge in [0.05, 0.1) is 0 Å². The molecule has 0 saturated carbocycles. The fourth-order valence-corrected chi connectivity index (χ4v) is 2.63. The third-order valence-electron chi connectivity index (χ3n) is 3.34. The van der Waals surface area contributed by atoms with Gasteiger partial charge >= 0.3 is 0 Å². The Bertz CT molecular complexity index is 830. The molecule has 0 heterocycles. The molecule has 0 atom stereocenters. The standard InChI is InChI=1S/C17H14BrNO2/c1-10-8-13(19)4-7-15(10)21-16-6-2-11-9-12(18)3-5-14(11)17(16)20/h2-9,20H,19H2,1H3. The Kier molecular flexibility index (Phi) is 3.47. The quantitative estimate of drug-likeness (QED) is 0.644. The van der Waals surface area contributed by atoms with Crippen molar-refractivity contribution in [3.05, 3.63) is 58.6 Å². The molecule has 106 valence electrons. The average Bonchev–Trinajstić information content (AvgIpc) is 2.44. The summed E-state index contributed by atoms with van der Waals surface area (Å²) >= 11 is 3.42. The zero-order valence-electron chi connectivity index (χ0n) is 11.4. The number of halogens is 1. The predicted octanol–water partition coefficient (Wildman–Crippen LogP) is 4.99. The van der Waals surface area contributed by atoms with Gasteiger partial charge in [-0.15, -0.1) is 0 Å². The van der Waals surface area contributed by atoms with E-state index in [1.165, 1.54) is 0 Å². The van der Waals surface area contributed by atoms with E-state index in [-0.39, 0.29) is 5.75 Å². The maximum Gasteiger partial charge on any atom is 0.169 e. The van der Waals surface area contributed by atoms with Gasteiger partial charge < -0.3 is 15.6 Å². The van der Waals surface area contributed by atoms with Crippen molar-refractivity contribution in [2.24, 2.45) is 0 Å². The Hall–Kier alpha value is -2.20. The monoisotopic (exact) mass is 343 g/mol. The van der Waals surface area contributed by atoms with Crippen molar-refractivity contribution < 1.29 is 9.84 Å². The Morgan fingerprint density at radius 2 is 1.76 bits per heavy atom. The van der Waals surface area contributed by atoms with Crippen LogP contribution in [-0.4, -0.2) is 5.11 Å². The third-order valence-corrected chi connectivity index (χ3v) is 3.83. The van der Waals surface area contributed by atoms with Crippen LogP contribution in [0, 0.1) is 6.92 Å².